The number of hydrogen-bond donors (Lipinski definition) is 1. The first kappa shape index (κ1) is 17.3. The summed E-state index contributed by atoms with van der Waals surface area (Å²) in [5, 5.41) is 12.0. The highest BCUT2D eigenvalue weighted by atomic mass is 16.2. The van der Waals surface area contributed by atoms with E-state index in [1.165, 1.54) is 5.56 Å². The van der Waals surface area contributed by atoms with Crippen LogP contribution >= 0.6 is 0 Å². The number of anilines is 1. The van der Waals surface area contributed by atoms with E-state index in [1.54, 1.807) is 4.90 Å². The average Bonchev–Trinajstić information content (AvgIpc) is 2.60. The van der Waals surface area contributed by atoms with Gasteiger partial charge in [-0.2, -0.15) is 5.26 Å². The Morgan fingerprint density at radius 2 is 2.22 bits per heavy atom. The summed E-state index contributed by atoms with van der Waals surface area (Å²) < 4.78 is 0. The number of nitrogens with zero attached hydrogens (tertiary/aromatic N) is 3. The summed E-state index contributed by atoms with van der Waals surface area (Å²) in [7, 11) is 0. The van der Waals surface area contributed by atoms with Crippen molar-refractivity contribution in [1.82, 2.24) is 9.80 Å². The number of piperidine rings is 1. The zero-order valence-corrected chi connectivity index (χ0v) is 14.1. The topological polar surface area (TPSA) is 59.4 Å². The second-order valence-electron chi connectivity index (χ2n) is 6.01. The number of rotatable bonds is 5. The summed E-state index contributed by atoms with van der Waals surface area (Å²) in [5.74, 6) is -0.0384. The van der Waals surface area contributed by atoms with Crippen LogP contribution in [0.1, 0.15) is 32.3 Å². The van der Waals surface area contributed by atoms with Crippen molar-refractivity contribution in [3.63, 3.8) is 0 Å². The van der Waals surface area contributed by atoms with Gasteiger partial charge in [0.25, 0.3) is 0 Å². The number of likely N-dealkylation sites (tertiary alicyclic amines) is 1. The molecule has 1 aromatic rings. The largest absolute Gasteiger partial charge is 0.323 e. The van der Waals surface area contributed by atoms with Crippen LogP contribution in [0.3, 0.4) is 0 Å². The van der Waals surface area contributed by atoms with Crippen molar-refractivity contribution < 1.29 is 4.79 Å². The maximum absolute atomic E-state index is 12.4. The van der Waals surface area contributed by atoms with Crippen LogP contribution in [0, 0.1) is 17.2 Å². The Morgan fingerprint density at radius 1 is 1.43 bits per heavy atom. The molecule has 0 spiro atoms. The first-order valence-corrected chi connectivity index (χ1v) is 8.43. The predicted octanol–water partition coefficient (Wildman–Crippen LogP) is 3.30. The normalized spacial score (nSPS) is 17.8. The van der Waals surface area contributed by atoms with Gasteiger partial charge in [0.05, 0.1) is 12.0 Å². The van der Waals surface area contributed by atoms with Gasteiger partial charge in [-0.15, -0.1) is 0 Å². The lowest BCUT2D eigenvalue weighted by Crippen LogP contribution is -2.42. The molecule has 1 aliphatic heterocycles. The first-order chi connectivity index (χ1) is 11.2. The number of benzene rings is 1. The molecule has 0 aliphatic carbocycles. The van der Waals surface area contributed by atoms with E-state index in [2.05, 4.69) is 36.2 Å². The van der Waals surface area contributed by atoms with Gasteiger partial charge in [0.2, 0.25) is 0 Å². The average molecular weight is 314 g/mol. The molecule has 124 valence electrons. The summed E-state index contributed by atoms with van der Waals surface area (Å²) >= 11 is 0. The third kappa shape index (κ3) is 4.97. The number of nitriles is 1. The third-order valence-corrected chi connectivity index (χ3v) is 4.37. The monoisotopic (exact) mass is 314 g/mol. The van der Waals surface area contributed by atoms with Gasteiger partial charge >= 0.3 is 6.03 Å². The maximum Gasteiger partial charge on any atom is 0.321 e. The van der Waals surface area contributed by atoms with Crippen LogP contribution in [-0.2, 0) is 6.54 Å². The Hall–Kier alpha value is -2.06. The van der Waals surface area contributed by atoms with E-state index in [9.17, 15) is 4.79 Å². The quantitative estimate of drug-likeness (QED) is 0.907. The van der Waals surface area contributed by atoms with Crippen molar-refractivity contribution in [1.29, 1.82) is 5.26 Å². The maximum atomic E-state index is 12.4. The van der Waals surface area contributed by atoms with Gasteiger partial charge in [-0.05, 0) is 43.6 Å². The predicted molar refractivity (Wildman–Crippen MR) is 92.0 cm³/mol. The zero-order valence-electron chi connectivity index (χ0n) is 14.1. The molecular weight excluding hydrogens is 288 g/mol. The lowest BCUT2D eigenvalue weighted by molar-refractivity contribution is 0.189. The van der Waals surface area contributed by atoms with Gasteiger partial charge < -0.3 is 10.2 Å². The van der Waals surface area contributed by atoms with Crippen LogP contribution in [0.25, 0.3) is 0 Å². The number of urea groups is 1. The molecule has 23 heavy (non-hydrogen) atoms. The fraction of sp³-hybridized carbons (Fsp3) is 0.556. The van der Waals surface area contributed by atoms with Crippen molar-refractivity contribution in [2.24, 2.45) is 5.92 Å². The molecule has 0 aromatic heterocycles. The zero-order chi connectivity index (χ0) is 16.7. The minimum atomic E-state index is -0.107. The van der Waals surface area contributed by atoms with Crippen LogP contribution in [0.5, 0.6) is 0 Å². The highest BCUT2D eigenvalue weighted by Crippen LogP contribution is 2.18. The van der Waals surface area contributed by atoms with Crippen molar-refractivity contribution in [3.8, 4) is 6.07 Å². The molecule has 0 bridgehead atoms. The summed E-state index contributed by atoms with van der Waals surface area (Å²) in [5.41, 5.74) is 2.01. The van der Waals surface area contributed by atoms with Crippen LogP contribution in [0.4, 0.5) is 10.5 Å². The van der Waals surface area contributed by atoms with E-state index in [-0.39, 0.29) is 11.9 Å². The lowest BCUT2D eigenvalue weighted by Gasteiger charge is -2.29. The van der Waals surface area contributed by atoms with Gasteiger partial charge in [-0.1, -0.05) is 26.0 Å². The molecule has 1 fully saturated rings. The molecule has 1 atom stereocenters. The van der Waals surface area contributed by atoms with Crippen LogP contribution < -0.4 is 5.32 Å². The molecule has 0 radical (unpaired) electrons. The second kappa shape index (κ2) is 8.54. The summed E-state index contributed by atoms with van der Waals surface area (Å²) in [6.45, 7) is 8.46. The van der Waals surface area contributed by atoms with Gasteiger partial charge in [-0.3, -0.25) is 4.90 Å². The Balaban J connectivity index is 1.97. The Kier molecular flexibility index (Phi) is 6.42. The first-order valence-electron chi connectivity index (χ1n) is 8.43. The smallest absolute Gasteiger partial charge is 0.321 e. The van der Waals surface area contributed by atoms with Crippen molar-refractivity contribution >= 4 is 11.7 Å². The van der Waals surface area contributed by atoms with Gasteiger partial charge in [0.15, 0.2) is 0 Å². The number of carbonyl (C=O) groups is 1. The fourth-order valence-corrected chi connectivity index (χ4v) is 2.92. The number of nitrogens with one attached hydrogen (secondary N) is 1. The number of amides is 2. The van der Waals surface area contributed by atoms with Crippen molar-refractivity contribution in [3.05, 3.63) is 29.8 Å². The Morgan fingerprint density at radius 3 is 2.91 bits per heavy atom. The van der Waals surface area contributed by atoms with Crippen LogP contribution in [-0.4, -0.2) is 42.0 Å². The Labute approximate surface area is 138 Å². The molecule has 1 saturated heterocycles. The summed E-state index contributed by atoms with van der Waals surface area (Å²) in [4.78, 5) is 16.5. The number of carbonyl (C=O) groups excluding carboxylic acids is 1. The van der Waals surface area contributed by atoms with Gasteiger partial charge in [0, 0.05) is 25.3 Å². The Bertz CT molecular complexity index is 562. The molecule has 1 heterocycles. The van der Waals surface area contributed by atoms with E-state index in [0.717, 1.165) is 44.7 Å². The second-order valence-corrected chi connectivity index (χ2v) is 6.01. The molecule has 2 amide bonds. The number of hydrogen-bond acceptors (Lipinski definition) is 3. The minimum Gasteiger partial charge on any atom is -0.323 e. The third-order valence-electron chi connectivity index (χ3n) is 4.37. The molecule has 5 heteroatoms. The summed E-state index contributed by atoms with van der Waals surface area (Å²) in [6.07, 6.45) is 1.79. The standard InChI is InChI=1S/C18H26N4O/c1-3-21(4-2)13-15-7-5-9-17(11-15)20-18(23)22-10-6-8-16(12-19)14-22/h5,7,9,11,16H,3-4,6,8,10,13-14H2,1-2H3,(H,20,23)/t16-/m1/s1. The SMILES string of the molecule is CCN(CC)Cc1cccc(NC(=O)N2CCC[C@H](C#N)C2)c1. The minimum absolute atomic E-state index is 0.0384. The fourth-order valence-electron chi connectivity index (χ4n) is 2.92. The molecular formula is C18H26N4O. The molecule has 2 rings (SSSR count). The van der Waals surface area contributed by atoms with E-state index in [1.807, 2.05) is 18.2 Å². The molecule has 1 N–H and O–H groups in total. The van der Waals surface area contributed by atoms with Gasteiger partial charge in [-0.25, -0.2) is 4.79 Å². The van der Waals surface area contributed by atoms with E-state index < -0.39 is 0 Å². The molecule has 0 saturated carbocycles. The highest BCUT2D eigenvalue weighted by Gasteiger charge is 2.23. The molecule has 1 aliphatic rings. The summed E-state index contributed by atoms with van der Waals surface area (Å²) in [6, 6.07) is 10.2. The van der Waals surface area contributed by atoms with E-state index in [0.29, 0.717) is 6.54 Å². The molecule has 5 nitrogen and oxygen atoms in total. The van der Waals surface area contributed by atoms with E-state index >= 15 is 0 Å². The van der Waals surface area contributed by atoms with Crippen LogP contribution in [0.2, 0.25) is 0 Å². The lowest BCUT2D eigenvalue weighted by atomic mass is 10.0. The van der Waals surface area contributed by atoms with E-state index in [4.69, 9.17) is 5.26 Å². The molecule has 0 unspecified atom stereocenters. The highest BCUT2D eigenvalue weighted by molar-refractivity contribution is 5.89. The van der Waals surface area contributed by atoms with Crippen molar-refractivity contribution in [2.45, 2.75) is 33.2 Å². The molecule has 1 aromatic carbocycles. The van der Waals surface area contributed by atoms with Gasteiger partial charge in [0.1, 0.15) is 0 Å². The van der Waals surface area contributed by atoms with Crippen LogP contribution in [0.15, 0.2) is 24.3 Å². The van der Waals surface area contributed by atoms with Crippen molar-refractivity contribution in [2.75, 3.05) is 31.5 Å².